The second-order valence-electron chi connectivity index (χ2n) is 6.46. The molecule has 8 heteroatoms. The zero-order valence-electron chi connectivity index (χ0n) is 14.2. The van der Waals surface area contributed by atoms with Crippen molar-refractivity contribution in [1.29, 1.82) is 0 Å². The highest BCUT2D eigenvalue weighted by atomic mass is 32.1. The number of H-pyrrole nitrogens is 1. The number of halogens is 3. The third-order valence-electron chi connectivity index (χ3n) is 4.50. The Kier molecular flexibility index (Phi) is 4.51. The van der Waals surface area contributed by atoms with E-state index >= 15 is 0 Å². The van der Waals surface area contributed by atoms with Gasteiger partial charge in [0.2, 0.25) is 0 Å². The summed E-state index contributed by atoms with van der Waals surface area (Å²) in [4.78, 5) is 15.4. The maximum Gasteiger partial charge on any atom is 0.416 e. The zero-order valence-corrected chi connectivity index (χ0v) is 15.0. The van der Waals surface area contributed by atoms with Crippen LogP contribution in [0.1, 0.15) is 34.5 Å². The molecule has 27 heavy (non-hydrogen) atoms. The predicted molar refractivity (Wildman–Crippen MR) is 96.2 cm³/mol. The van der Waals surface area contributed by atoms with Crippen molar-refractivity contribution in [2.24, 2.45) is 0 Å². The average Bonchev–Trinajstić information content (AvgIpc) is 3.12. The van der Waals surface area contributed by atoms with Crippen molar-refractivity contribution in [1.82, 2.24) is 15.1 Å². The van der Waals surface area contributed by atoms with Gasteiger partial charge in [0, 0.05) is 12.6 Å². The summed E-state index contributed by atoms with van der Waals surface area (Å²) in [6.45, 7) is -0.0830. The van der Waals surface area contributed by atoms with Gasteiger partial charge in [-0.25, -0.2) is 0 Å². The van der Waals surface area contributed by atoms with Crippen molar-refractivity contribution < 1.29 is 18.0 Å². The molecule has 1 N–H and O–H groups in total. The molecule has 1 fully saturated rings. The van der Waals surface area contributed by atoms with Crippen LogP contribution < -0.4 is 0 Å². The minimum atomic E-state index is -4.45. The SMILES string of the molecule is O=C(c1cc(-c2cccs2)[nH]n1)N(Cc1ccccc1C(F)(F)F)C1CC1. The fourth-order valence-corrected chi connectivity index (χ4v) is 3.70. The molecule has 0 spiro atoms. The van der Waals surface area contributed by atoms with Crippen molar-refractivity contribution in [2.75, 3.05) is 0 Å². The molecule has 0 radical (unpaired) electrons. The topological polar surface area (TPSA) is 49.0 Å². The number of rotatable bonds is 5. The molecule has 0 saturated heterocycles. The molecule has 0 unspecified atom stereocenters. The minimum Gasteiger partial charge on any atom is -0.330 e. The summed E-state index contributed by atoms with van der Waals surface area (Å²) in [5.74, 6) is -0.353. The standard InChI is InChI=1S/C19H16F3N3OS/c20-19(21,22)14-5-2-1-4-12(14)11-25(13-7-8-13)18(26)16-10-15(23-24-16)17-6-3-9-27-17/h1-6,9-10,13H,7-8,11H2,(H,23,24). The minimum absolute atomic E-state index is 0.0410. The lowest BCUT2D eigenvalue weighted by Crippen LogP contribution is -2.33. The first-order valence-corrected chi connectivity index (χ1v) is 9.37. The molecular formula is C19H16F3N3OS. The summed E-state index contributed by atoms with van der Waals surface area (Å²) in [7, 11) is 0. The molecule has 1 aromatic carbocycles. The van der Waals surface area contributed by atoms with Crippen LogP contribution >= 0.6 is 11.3 Å². The average molecular weight is 391 g/mol. The maximum absolute atomic E-state index is 13.3. The molecule has 1 saturated carbocycles. The van der Waals surface area contributed by atoms with E-state index in [1.54, 1.807) is 12.1 Å². The first kappa shape index (κ1) is 17.8. The van der Waals surface area contributed by atoms with Gasteiger partial charge in [-0.05, 0) is 42.0 Å². The molecule has 1 aliphatic rings. The van der Waals surface area contributed by atoms with Gasteiger partial charge in [0.25, 0.3) is 5.91 Å². The van der Waals surface area contributed by atoms with E-state index in [4.69, 9.17) is 0 Å². The van der Waals surface area contributed by atoms with E-state index in [-0.39, 0.29) is 29.8 Å². The Morgan fingerprint density at radius 1 is 1.22 bits per heavy atom. The molecule has 4 rings (SSSR count). The van der Waals surface area contributed by atoms with Gasteiger partial charge in [0.05, 0.1) is 16.1 Å². The Hall–Kier alpha value is -2.61. The van der Waals surface area contributed by atoms with Crippen LogP contribution in [0.3, 0.4) is 0 Å². The number of alkyl halides is 3. The highest BCUT2D eigenvalue weighted by molar-refractivity contribution is 7.13. The number of carbonyl (C=O) groups is 1. The van der Waals surface area contributed by atoms with Gasteiger partial charge in [0.15, 0.2) is 5.69 Å². The van der Waals surface area contributed by atoms with E-state index in [9.17, 15) is 18.0 Å². The fraction of sp³-hybridized carbons (Fsp3) is 0.263. The molecule has 4 nitrogen and oxygen atoms in total. The molecule has 2 aromatic heterocycles. The molecule has 0 bridgehead atoms. The Morgan fingerprint density at radius 2 is 2.00 bits per heavy atom. The summed E-state index contributed by atoms with van der Waals surface area (Å²) in [6.07, 6.45) is -2.86. The maximum atomic E-state index is 13.3. The van der Waals surface area contributed by atoms with Gasteiger partial charge in [-0.15, -0.1) is 11.3 Å². The van der Waals surface area contributed by atoms with Crippen molar-refractivity contribution in [3.05, 3.63) is 64.7 Å². The van der Waals surface area contributed by atoms with Crippen molar-refractivity contribution in [3.63, 3.8) is 0 Å². The fourth-order valence-electron chi connectivity index (χ4n) is 3.01. The number of aromatic amines is 1. The number of benzene rings is 1. The molecule has 3 aromatic rings. The highest BCUT2D eigenvalue weighted by Crippen LogP contribution is 2.35. The summed E-state index contributed by atoms with van der Waals surface area (Å²) in [6, 6.07) is 10.8. The van der Waals surface area contributed by atoms with E-state index in [2.05, 4.69) is 10.2 Å². The number of hydrogen-bond acceptors (Lipinski definition) is 3. The van der Waals surface area contributed by atoms with Gasteiger partial charge in [0.1, 0.15) is 0 Å². The largest absolute Gasteiger partial charge is 0.416 e. The van der Waals surface area contributed by atoms with Crippen molar-refractivity contribution in [3.8, 4) is 10.6 Å². The molecule has 140 valence electrons. The first-order valence-electron chi connectivity index (χ1n) is 8.49. The van der Waals surface area contributed by atoms with E-state index in [1.807, 2.05) is 17.5 Å². The molecule has 0 atom stereocenters. The molecule has 2 heterocycles. The van der Waals surface area contributed by atoms with E-state index < -0.39 is 11.7 Å². The summed E-state index contributed by atoms with van der Waals surface area (Å²) < 4.78 is 39.8. The number of thiophene rings is 1. The van der Waals surface area contributed by atoms with Gasteiger partial charge < -0.3 is 4.90 Å². The number of amides is 1. The van der Waals surface area contributed by atoms with Crippen LogP contribution in [0.5, 0.6) is 0 Å². The van der Waals surface area contributed by atoms with Crippen LogP contribution in [-0.2, 0) is 12.7 Å². The lowest BCUT2D eigenvalue weighted by molar-refractivity contribution is -0.138. The number of nitrogens with zero attached hydrogens (tertiary/aromatic N) is 2. The lowest BCUT2D eigenvalue weighted by atomic mass is 10.1. The lowest BCUT2D eigenvalue weighted by Gasteiger charge is -2.23. The Balaban J connectivity index is 1.60. The van der Waals surface area contributed by atoms with Crippen LogP contribution in [-0.4, -0.2) is 27.0 Å². The van der Waals surface area contributed by atoms with Crippen molar-refractivity contribution >= 4 is 17.2 Å². The zero-order chi connectivity index (χ0) is 19.0. The number of aromatic nitrogens is 2. The first-order chi connectivity index (χ1) is 12.9. The Morgan fingerprint density at radius 3 is 2.67 bits per heavy atom. The normalized spacial score (nSPS) is 14.3. The van der Waals surface area contributed by atoms with Crippen LogP contribution in [0.4, 0.5) is 13.2 Å². The van der Waals surface area contributed by atoms with Gasteiger partial charge >= 0.3 is 6.18 Å². The monoisotopic (exact) mass is 391 g/mol. The second-order valence-corrected chi connectivity index (χ2v) is 7.41. The van der Waals surface area contributed by atoms with E-state index in [1.165, 1.54) is 28.4 Å². The highest BCUT2D eigenvalue weighted by Gasteiger charge is 2.37. The summed E-state index contributed by atoms with van der Waals surface area (Å²) >= 11 is 1.51. The summed E-state index contributed by atoms with van der Waals surface area (Å²) in [5.41, 5.74) is 0.332. The van der Waals surface area contributed by atoms with Crippen LogP contribution in [0.2, 0.25) is 0 Å². The van der Waals surface area contributed by atoms with Gasteiger partial charge in [-0.3, -0.25) is 9.89 Å². The number of hydrogen-bond donors (Lipinski definition) is 1. The third kappa shape index (κ3) is 3.75. The van der Waals surface area contributed by atoms with E-state index in [0.717, 1.165) is 29.5 Å². The Bertz CT molecular complexity index is 945. The molecule has 0 aliphatic heterocycles. The van der Waals surface area contributed by atoms with Gasteiger partial charge in [-0.2, -0.15) is 18.3 Å². The number of carbonyl (C=O) groups excluding carboxylic acids is 1. The molecule has 1 aliphatic carbocycles. The predicted octanol–water partition coefficient (Wildman–Crippen LogP) is 4.96. The van der Waals surface area contributed by atoms with Crippen molar-refractivity contribution in [2.45, 2.75) is 31.6 Å². The van der Waals surface area contributed by atoms with Gasteiger partial charge in [-0.1, -0.05) is 24.3 Å². The summed E-state index contributed by atoms with van der Waals surface area (Å²) in [5, 5.41) is 8.84. The van der Waals surface area contributed by atoms with Crippen LogP contribution in [0, 0.1) is 0 Å². The third-order valence-corrected chi connectivity index (χ3v) is 5.40. The smallest absolute Gasteiger partial charge is 0.330 e. The van der Waals surface area contributed by atoms with Crippen LogP contribution in [0.15, 0.2) is 47.8 Å². The second kappa shape index (κ2) is 6.84. The quantitative estimate of drug-likeness (QED) is 0.668. The molecular weight excluding hydrogens is 375 g/mol. The molecule has 1 amide bonds. The van der Waals surface area contributed by atoms with E-state index in [0.29, 0.717) is 0 Å². The van der Waals surface area contributed by atoms with Crippen LogP contribution in [0.25, 0.3) is 10.6 Å². The Labute approximate surface area is 157 Å². The number of nitrogens with one attached hydrogen (secondary N) is 1.